The molecular formula is C21H29N3O2S2. The van der Waals surface area contributed by atoms with E-state index >= 15 is 0 Å². The fourth-order valence-corrected chi connectivity index (χ4v) is 5.29. The van der Waals surface area contributed by atoms with Crippen LogP contribution in [0.2, 0.25) is 0 Å². The number of hydrogen-bond donors (Lipinski definition) is 3. The zero-order chi connectivity index (χ0) is 19.9. The van der Waals surface area contributed by atoms with Crippen molar-refractivity contribution in [3.63, 3.8) is 0 Å². The summed E-state index contributed by atoms with van der Waals surface area (Å²) in [6.07, 6.45) is 1.54. The molecule has 2 aromatic rings. The standard InChI is InChI=1S/C21H29N3O2S2/c1-14(2)11-17(20(25)23-8-7-16-13-27-10-9-22-16)24-21(26)19-12-15-5-3-4-6-18(15)28-19/h3-6,12,14,16-17,22H,7-11,13H2,1-2H3,(H,23,25)(H,24,26)/t16?,17-/m0/s1. The van der Waals surface area contributed by atoms with E-state index in [1.54, 1.807) is 0 Å². The van der Waals surface area contributed by atoms with Gasteiger partial charge in [0, 0.05) is 35.3 Å². The second kappa shape index (κ2) is 10.3. The molecule has 0 bridgehead atoms. The number of nitrogens with one attached hydrogen (secondary N) is 3. The summed E-state index contributed by atoms with van der Waals surface area (Å²) in [4.78, 5) is 26.1. The third kappa shape index (κ3) is 5.96. The predicted octanol–water partition coefficient (Wildman–Crippen LogP) is 3.26. The normalized spacial score (nSPS) is 18.2. The first-order chi connectivity index (χ1) is 13.5. The number of fused-ring (bicyclic) bond motifs is 1. The lowest BCUT2D eigenvalue weighted by Gasteiger charge is -2.24. The number of carbonyl (C=O) groups excluding carboxylic acids is 2. The minimum atomic E-state index is -0.508. The smallest absolute Gasteiger partial charge is 0.262 e. The van der Waals surface area contributed by atoms with Crippen LogP contribution in [-0.4, -0.2) is 48.5 Å². The number of thioether (sulfide) groups is 1. The van der Waals surface area contributed by atoms with E-state index in [2.05, 4.69) is 29.8 Å². The molecule has 0 aliphatic carbocycles. The van der Waals surface area contributed by atoms with Crippen molar-refractivity contribution in [2.45, 2.75) is 38.8 Å². The van der Waals surface area contributed by atoms with E-state index in [0.717, 1.165) is 34.6 Å². The third-order valence-corrected chi connectivity index (χ3v) is 7.01. The van der Waals surface area contributed by atoms with E-state index in [1.807, 2.05) is 42.1 Å². The highest BCUT2D eigenvalue weighted by Gasteiger charge is 2.23. The summed E-state index contributed by atoms with van der Waals surface area (Å²) in [5.41, 5.74) is 0. The molecule has 1 aromatic heterocycles. The quantitative estimate of drug-likeness (QED) is 0.614. The van der Waals surface area contributed by atoms with Crippen molar-refractivity contribution in [3.8, 4) is 0 Å². The Morgan fingerprint density at radius 3 is 2.82 bits per heavy atom. The van der Waals surface area contributed by atoms with Gasteiger partial charge in [-0.05, 0) is 36.3 Å². The zero-order valence-corrected chi connectivity index (χ0v) is 18.1. The monoisotopic (exact) mass is 419 g/mol. The van der Waals surface area contributed by atoms with Crippen molar-refractivity contribution in [1.82, 2.24) is 16.0 Å². The van der Waals surface area contributed by atoms with Crippen LogP contribution < -0.4 is 16.0 Å². The topological polar surface area (TPSA) is 70.2 Å². The van der Waals surface area contributed by atoms with Crippen molar-refractivity contribution < 1.29 is 9.59 Å². The van der Waals surface area contributed by atoms with E-state index in [9.17, 15) is 9.59 Å². The molecule has 0 spiro atoms. The Kier molecular flexibility index (Phi) is 7.76. The molecular weight excluding hydrogens is 390 g/mol. The number of thiophene rings is 1. The van der Waals surface area contributed by atoms with Crippen molar-refractivity contribution in [1.29, 1.82) is 0 Å². The molecule has 1 unspecified atom stereocenters. The van der Waals surface area contributed by atoms with Gasteiger partial charge in [-0.3, -0.25) is 9.59 Å². The molecule has 1 fully saturated rings. The van der Waals surface area contributed by atoms with Gasteiger partial charge in [0.1, 0.15) is 6.04 Å². The van der Waals surface area contributed by atoms with Gasteiger partial charge < -0.3 is 16.0 Å². The first-order valence-corrected chi connectivity index (χ1v) is 11.9. The molecule has 1 aliphatic heterocycles. The van der Waals surface area contributed by atoms with E-state index in [-0.39, 0.29) is 11.8 Å². The van der Waals surface area contributed by atoms with Crippen molar-refractivity contribution >= 4 is 45.0 Å². The van der Waals surface area contributed by atoms with Gasteiger partial charge in [-0.1, -0.05) is 32.0 Å². The molecule has 28 heavy (non-hydrogen) atoms. The molecule has 0 radical (unpaired) electrons. The minimum Gasteiger partial charge on any atom is -0.354 e. The SMILES string of the molecule is CC(C)C[C@H](NC(=O)c1cc2ccccc2s1)C(=O)NCCC1CSCCN1. The second-order valence-corrected chi connectivity index (χ2v) is 9.84. The van der Waals surface area contributed by atoms with Crippen LogP contribution in [0.4, 0.5) is 0 Å². The summed E-state index contributed by atoms with van der Waals surface area (Å²) in [6, 6.07) is 9.78. The Morgan fingerprint density at radius 1 is 1.29 bits per heavy atom. The van der Waals surface area contributed by atoms with Crippen LogP contribution in [0.15, 0.2) is 30.3 Å². The van der Waals surface area contributed by atoms with E-state index < -0.39 is 6.04 Å². The molecule has 152 valence electrons. The minimum absolute atomic E-state index is 0.0911. The average molecular weight is 420 g/mol. The first-order valence-electron chi connectivity index (χ1n) is 9.91. The van der Waals surface area contributed by atoms with Crippen molar-refractivity contribution in [2.75, 3.05) is 24.6 Å². The van der Waals surface area contributed by atoms with Crippen molar-refractivity contribution in [2.24, 2.45) is 5.92 Å². The van der Waals surface area contributed by atoms with Gasteiger partial charge >= 0.3 is 0 Å². The number of rotatable bonds is 8. The molecule has 2 heterocycles. The third-order valence-electron chi connectivity index (χ3n) is 4.77. The van der Waals surface area contributed by atoms with Gasteiger partial charge in [-0.15, -0.1) is 11.3 Å². The summed E-state index contributed by atoms with van der Waals surface area (Å²) >= 11 is 3.41. The molecule has 3 rings (SSSR count). The summed E-state index contributed by atoms with van der Waals surface area (Å²) in [5, 5.41) is 10.5. The zero-order valence-electron chi connectivity index (χ0n) is 16.5. The molecule has 1 saturated heterocycles. The van der Waals surface area contributed by atoms with Gasteiger partial charge in [0.25, 0.3) is 5.91 Å². The maximum absolute atomic E-state index is 12.7. The molecule has 1 aromatic carbocycles. The van der Waals surface area contributed by atoms with Crippen molar-refractivity contribution in [3.05, 3.63) is 35.2 Å². The lowest BCUT2D eigenvalue weighted by molar-refractivity contribution is -0.123. The Labute approximate surface area is 175 Å². The average Bonchev–Trinajstić information content (AvgIpc) is 3.12. The van der Waals surface area contributed by atoms with Gasteiger partial charge in [0.15, 0.2) is 0 Å². The number of benzene rings is 1. The second-order valence-electron chi connectivity index (χ2n) is 7.61. The Bertz CT molecular complexity index is 767. The maximum atomic E-state index is 12.7. The summed E-state index contributed by atoms with van der Waals surface area (Å²) in [7, 11) is 0. The van der Waals surface area contributed by atoms with Gasteiger partial charge in [0.05, 0.1) is 4.88 Å². The van der Waals surface area contributed by atoms with Crippen LogP contribution in [-0.2, 0) is 4.79 Å². The molecule has 1 aliphatic rings. The van der Waals surface area contributed by atoms with Crippen LogP contribution in [0.5, 0.6) is 0 Å². The van der Waals surface area contributed by atoms with E-state index in [0.29, 0.717) is 29.8 Å². The van der Waals surface area contributed by atoms with Crippen LogP contribution in [0, 0.1) is 5.92 Å². The fraction of sp³-hybridized carbons (Fsp3) is 0.524. The molecule has 3 N–H and O–H groups in total. The summed E-state index contributed by atoms with van der Waals surface area (Å²) in [5.74, 6) is 2.30. The maximum Gasteiger partial charge on any atom is 0.262 e. The van der Waals surface area contributed by atoms with E-state index in [1.165, 1.54) is 11.3 Å². The van der Waals surface area contributed by atoms with Gasteiger partial charge in [-0.2, -0.15) is 11.8 Å². The molecule has 2 amide bonds. The van der Waals surface area contributed by atoms with Crippen LogP contribution in [0.3, 0.4) is 0 Å². The fourth-order valence-electron chi connectivity index (χ4n) is 3.32. The van der Waals surface area contributed by atoms with E-state index in [4.69, 9.17) is 0 Å². The Hall–Kier alpha value is -1.57. The lowest BCUT2D eigenvalue weighted by atomic mass is 10.0. The molecule has 7 heteroatoms. The molecule has 5 nitrogen and oxygen atoms in total. The summed E-state index contributed by atoms with van der Waals surface area (Å²) in [6.45, 7) is 5.79. The number of hydrogen-bond acceptors (Lipinski definition) is 5. The summed E-state index contributed by atoms with van der Waals surface area (Å²) < 4.78 is 1.08. The largest absolute Gasteiger partial charge is 0.354 e. The predicted molar refractivity (Wildman–Crippen MR) is 119 cm³/mol. The lowest BCUT2D eigenvalue weighted by Crippen LogP contribution is -2.48. The van der Waals surface area contributed by atoms with Crippen LogP contribution in [0.25, 0.3) is 10.1 Å². The van der Waals surface area contributed by atoms with Crippen LogP contribution >= 0.6 is 23.1 Å². The first kappa shape index (κ1) is 21.1. The Balaban J connectivity index is 1.57. The number of carbonyl (C=O) groups is 2. The highest BCUT2D eigenvalue weighted by Crippen LogP contribution is 2.25. The van der Waals surface area contributed by atoms with Gasteiger partial charge in [0.2, 0.25) is 5.91 Å². The van der Waals surface area contributed by atoms with Gasteiger partial charge in [-0.25, -0.2) is 0 Å². The highest BCUT2D eigenvalue weighted by molar-refractivity contribution is 7.99. The highest BCUT2D eigenvalue weighted by atomic mass is 32.2. The van der Waals surface area contributed by atoms with Crippen LogP contribution in [0.1, 0.15) is 36.4 Å². The Morgan fingerprint density at radius 2 is 2.11 bits per heavy atom. The molecule has 2 atom stereocenters. The number of amides is 2. The molecule has 0 saturated carbocycles.